The van der Waals surface area contributed by atoms with E-state index in [1.165, 1.54) is 0 Å². The van der Waals surface area contributed by atoms with Crippen LogP contribution in [0, 0.1) is 0 Å². The van der Waals surface area contributed by atoms with E-state index in [1.807, 2.05) is 6.92 Å². The molecule has 0 aliphatic heterocycles. The average molecular weight is 268 g/mol. The van der Waals surface area contributed by atoms with Gasteiger partial charge in [-0.1, -0.05) is 0 Å². The Labute approximate surface area is 112 Å². The molecule has 0 bridgehead atoms. The summed E-state index contributed by atoms with van der Waals surface area (Å²) in [5.41, 5.74) is 0. The van der Waals surface area contributed by atoms with Gasteiger partial charge in [-0.3, -0.25) is 14.5 Å². The molecule has 1 heterocycles. The van der Waals surface area contributed by atoms with Crippen LogP contribution >= 0.6 is 0 Å². The number of ether oxygens (including phenoxy) is 1. The summed E-state index contributed by atoms with van der Waals surface area (Å²) >= 11 is 0. The SMILES string of the molecule is CCOC(=O)CN(C)CC(=O)NC(C)c1ccco1. The van der Waals surface area contributed by atoms with E-state index >= 15 is 0 Å². The largest absolute Gasteiger partial charge is 0.467 e. The molecule has 1 rings (SSSR count). The number of carbonyl (C=O) groups excluding carboxylic acids is 2. The van der Waals surface area contributed by atoms with Gasteiger partial charge in [-0.25, -0.2) is 0 Å². The average Bonchev–Trinajstić information content (AvgIpc) is 2.81. The summed E-state index contributed by atoms with van der Waals surface area (Å²) in [7, 11) is 1.69. The smallest absolute Gasteiger partial charge is 0.320 e. The van der Waals surface area contributed by atoms with E-state index in [1.54, 1.807) is 37.3 Å². The number of nitrogens with zero attached hydrogens (tertiary/aromatic N) is 1. The van der Waals surface area contributed by atoms with Gasteiger partial charge in [0, 0.05) is 0 Å². The molecule has 0 fully saturated rings. The van der Waals surface area contributed by atoms with Gasteiger partial charge in [0.15, 0.2) is 0 Å². The minimum atomic E-state index is -0.336. The molecule has 0 aliphatic rings. The summed E-state index contributed by atoms with van der Waals surface area (Å²) < 4.78 is 10.0. The maximum absolute atomic E-state index is 11.8. The number of likely N-dealkylation sites (N-methyl/N-ethyl adjacent to an activating group) is 1. The van der Waals surface area contributed by atoms with E-state index in [2.05, 4.69) is 5.32 Å². The summed E-state index contributed by atoms with van der Waals surface area (Å²) in [6.45, 7) is 4.15. The van der Waals surface area contributed by atoms with Crippen LogP contribution < -0.4 is 5.32 Å². The topological polar surface area (TPSA) is 71.8 Å². The zero-order valence-electron chi connectivity index (χ0n) is 11.5. The van der Waals surface area contributed by atoms with Crippen LogP contribution in [0.5, 0.6) is 0 Å². The Morgan fingerprint density at radius 2 is 2.21 bits per heavy atom. The van der Waals surface area contributed by atoms with Crippen molar-refractivity contribution >= 4 is 11.9 Å². The summed E-state index contributed by atoms with van der Waals surface area (Å²) in [6, 6.07) is 3.37. The lowest BCUT2D eigenvalue weighted by atomic mass is 10.2. The van der Waals surface area contributed by atoms with Crippen LogP contribution in [0.3, 0.4) is 0 Å². The molecule has 1 unspecified atom stereocenters. The lowest BCUT2D eigenvalue weighted by Gasteiger charge is -2.17. The summed E-state index contributed by atoms with van der Waals surface area (Å²) in [6.07, 6.45) is 1.56. The first-order chi connectivity index (χ1) is 9.02. The van der Waals surface area contributed by atoms with Gasteiger partial charge >= 0.3 is 5.97 Å². The van der Waals surface area contributed by atoms with E-state index in [9.17, 15) is 9.59 Å². The van der Waals surface area contributed by atoms with Crippen molar-refractivity contribution in [2.45, 2.75) is 19.9 Å². The molecule has 0 saturated heterocycles. The van der Waals surface area contributed by atoms with Gasteiger partial charge in [0.1, 0.15) is 5.76 Å². The van der Waals surface area contributed by atoms with Crippen molar-refractivity contribution in [3.8, 4) is 0 Å². The van der Waals surface area contributed by atoms with Gasteiger partial charge in [-0.15, -0.1) is 0 Å². The number of rotatable bonds is 7. The summed E-state index contributed by atoms with van der Waals surface area (Å²) in [5.74, 6) is 0.189. The van der Waals surface area contributed by atoms with Crippen LogP contribution in [0.1, 0.15) is 25.6 Å². The highest BCUT2D eigenvalue weighted by Gasteiger charge is 2.15. The third-order valence-corrected chi connectivity index (χ3v) is 2.47. The highest BCUT2D eigenvalue weighted by atomic mass is 16.5. The van der Waals surface area contributed by atoms with Crippen molar-refractivity contribution in [1.82, 2.24) is 10.2 Å². The van der Waals surface area contributed by atoms with E-state index in [4.69, 9.17) is 9.15 Å². The zero-order valence-corrected chi connectivity index (χ0v) is 11.5. The molecule has 19 heavy (non-hydrogen) atoms. The third kappa shape index (κ3) is 5.56. The zero-order chi connectivity index (χ0) is 14.3. The van der Waals surface area contributed by atoms with Crippen LogP contribution in [-0.2, 0) is 14.3 Å². The Balaban J connectivity index is 2.32. The molecule has 0 spiro atoms. The van der Waals surface area contributed by atoms with Gasteiger partial charge in [0.05, 0.1) is 32.0 Å². The number of esters is 1. The molecule has 106 valence electrons. The van der Waals surface area contributed by atoms with Crippen LogP contribution in [0.25, 0.3) is 0 Å². The number of hydrogen-bond donors (Lipinski definition) is 1. The Kier molecular flexibility index (Phi) is 6.08. The van der Waals surface area contributed by atoms with Crippen LogP contribution in [0.2, 0.25) is 0 Å². The lowest BCUT2D eigenvalue weighted by molar-refractivity contribution is -0.144. The van der Waals surface area contributed by atoms with Gasteiger partial charge in [0.25, 0.3) is 0 Å². The summed E-state index contributed by atoms with van der Waals surface area (Å²) in [4.78, 5) is 24.6. The predicted octanol–water partition coefficient (Wildman–Crippen LogP) is 0.952. The molecule has 0 aromatic carbocycles. The second kappa shape index (κ2) is 7.58. The minimum absolute atomic E-state index is 0.0936. The van der Waals surface area contributed by atoms with Crippen molar-refractivity contribution in [3.05, 3.63) is 24.2 Å². The first-order valence-corrected chi connectivity index (χ1v) is 6.19. The highest BCUT2D eigenvalue weighted by Crippen LogP contribution is 2.11. The van der Waals surface area contributed by atoms with Crippen molar-refractivity contribution in [2.24, 2.45) is 0 Å². The van der Waals surface area contributed by atoms with Gasteiger partial charge < -0.3 is 14.5 Å². The molecule has 0 saturated carbocycles. The van der Waals surface area contributed by atoms with E-state index in [-0.39, 0.29) is 31.0 Å². The predicted molar refractivity (Wildman–Crippen MR) is 69.4 cm³/mol. The second-order valence-electron chi connectivity index (χ2n) is 4.28. The third-order valence-electron chi connectivity index (χ3n) is 2.47. The minimum Gasteiger partial charge on any atom is -0.467 e. The quantitative estimate of drug-likeness (QED) is 0.745. The van der Waals surface area contributed by atoms with E-state index in [0.29, 0.717) is 12.4 Å². The standard InChI is InChI=1S/C13H20N2O4/c1-4-18-13(17)9-15(3)8-12(16)14-10(2)11-6-5-7-19-11/h5-7,10H,4,8-9H2,1-3H3,(H,14,16). The molecule has 1 amide bonds. The van der Waals surface area contributed by atoms with Gasteiger partial charge in [0.2, 0.25) is 5.91 Å². The van der Waals surface area contributed by atoms with Crippen molar-refractivity contribution in [2.75, 3.05) is 26.7 Å². The lowest BCUT2D eigenvalue weighted by Crippen LogP contribution is -2.38. The molecular formula is C13H20N2O4. The first-order valence-electron chi connectivity index (χ1n) is 6.19. The fraction of sp³-hybridized carbons (Fsp3) is 0.538. The Bertz CT molecular complexity index is 403. The molecule has 6 heteroatoms. The Morgan fingerprint density at radius 3 is 2.79 bits per heavy atom. The molecule has 6 nitrogen and oxygen atoms in total. The number of carbonyl (C=O) groups is 2. The number of nitrogens with one attached hydrogen (secondary N) is 1. The number of furan rings is 1. The molecule has 0 radical (unpaired) electrons. The molecule has 1 aromatic rings. The van der Waals surface area contributed by atoms with E-state index in [0.717, 1.165) is 0 Å². The number of amides is 1. The van der Waals surface area contributed by atoms with E-state index < -0.39 is 0 Å². The van der Waals surface area contributed by atoms with Crippen LogP contribution in [0.4, 0.5) is 0 Å². The fourth-order valence-corrected chi connectivity index (χ4v) is 1.62. The molecule has 0 aliphatic carbocycles. The molecule has 1 atom stereocenters. The number of hydrogen-bond acceptors (Lipinski definition) is 5. The second-order valence-corrected chi connectivity index (χ2v) is 4.28. The Hall–Kier alpha value is -1.82. The molecule has 1 N–H and O–H groups in total. The molecular weight excluding hydrogens is 248 g/mol. The van der Waals surface area contributed by atoms with Crippen molar-refractivity contribution < 1.29 is 18.7 Å². The van der Waals surface area contributed by atoms with Crippen molar-refractivity contribution in [3.63, 3.8) is 0 Å². The first kappa shape index (κ1) is 15.2. The van der Waals surface area contributed by atoms with Crippen LogP contribution in [-0.4, -0.2) is 43.5 Å². The maximum atomic E-state index is 11.8. The van der Waals surface area contributed by atoms with Crippen LogP contribution in [0.15, 0.2) is 22.8 Å². The normalized spacial score (nSPS) is 12.2. The molecule has 1 aromatic heterocycles. The monoisotopic (exact) mass is 268 g/mol. The fourth-order valence-electron chi connectivity index (χ4n) is 1.62. The Morgan fingerprint density at radius 1 is 1.47 bits per heavy atom. The van der Waals surface area contributed by atoms with Gasteiger partial charge in [-0.05, 0) is 33.0 Å². The van der Waals surface area contributed by atoms with Gasteiger partial charge in [-0.2, -0.15) is 0 Å². The maximum Gasteiger partial charge on any atom is 0.320 e. The highest BCUT2D eigenvalue weighted by molar-refractivity contribution is 5.79. The van der Waals surface area contributed by atoms with Crippen molar-refractivity contribution in [1.29, 1.82) is 0 Å². The summed E-state index contributed by atoms with van der Waals surface area (Å²) in [5, 5.41) is 2.79.